The summed E-state index contributed by atoms with van der Waals surface area (Å²) in [5.74, 6) is 1.95. The van der Waals surface area contributed by atoms with Gasteiger partial charge in [-0.2, -0.15) is 4.98 Å². The van der Waals surface area contributed by atoms with E-state index in [1.54, 1.807) is 18.3 Å². The van der Waals surface area contributed by atoms with Crippen molar-refractivity contribution in [3.05, 3.63) is 53.9 Å². The van der Waals surface area contributed by atoms with Gasteiger partial charge in [0.25, 0.3) is 0 Å². The predicted molar refractivity (Wildman–Crippen MR) is 200 cm³/mol. The van der Waals surface area contributed by atoms with E-state index in [1.165, 1.54) is 13.4 Å². The van der Waals surface area contributed by atoms with E-state index < -0.39 is 22.1 Å². The zero-order valence-electron chi connectivity index (χ0n) is 30.5. The first-order valence-electron chi connectivity index (χ1n) is 17.8. The van der Waals surface area contributed by atoms with Crippen LogP contribution in [0.3, 0.4) is 0 Å². The van der Waals surface area contributed by atoms with Crippen LogP contribution in [-0.2, 0) is 19.4 Å². The zero-order valence-corrected chi connectivity index (χ0v) is 31.4. The molecule has 6 rings (SSSR count). The van der Waals surface area contributed by atoms with Gasteiger partial charge in [0.15, 0.2) is 0 Å². The molecule has 2 aromatic heterocycles. The van der Waals surface area contributed by atoms with Crippen LogP contribution in [0.15, 0.2) is 42.7 Å². The number of carbonyl (C=O) groups is 1. The van der Waals surface area contributed by atoms with Gasteiger partial charge in [0.1, 0.15) is 27.6 Å². The van der Waals surface area contributed by atoms with Crippen LogP contribution in [-0.4, -0.2) is 124 Å². The minimum absolute atomic E-state index is 0.00930. The molecule has 276 valence electrons. The molecule has 0 bridgehead atoms. The van der Waals surface area contributed by atoms with Gasteiger partial charge in [0.2, 0.25) is 11.9 Å². The van der Waals surface area contributed by atoms with Gasteiger partial charge >= 0.3 is 0 Å². The Morgan fingerprint density at radius 3 is 2.57 bits per heavy atom. The second-order valence-electron chi connectivity index (χ2n) is 14.8. The van der Waals surface area contributed by atoms with E-state index in [0.29, 0.717) is 56.7 Å². The molecule has 0 saturated carbocycles. The Morgan fingerprint density at radius 2 is 1.88 bits per heavy atom. The number of amides is 1. The number of ether oxygens (including phenoxy) is 1. The number of piperidine rings is 1. The number of aromatic nitrogens is 3. The van der Waals surface area contributed by atoms with Crippen molar-refractivity contribution < 1.29 is 22.3 Å². The molecule has 0 unspecified atom stereocenters. The van der Waals surface area contributed by atoms with Crippen LogP contribution >= 0.6 is 0 Å². The molecule has 5 heterocycles. The van der Waals surface area contributed by atoms with Crippen LogP contribution in [0.1, 0.15) is 56.2 Å². The molecule has 3 atom stereocenters. The van der Waals surface area contributed by atoms with Gasteiger partial charge in [0, 0.05) is 81.6 Å². The maximum atomic E-state index is 14.7. The fourth-order valence-electron chi connectivity index (χ4n) is 7.74. The minimum Gasteiger partial charge on any atom is -0.378 e. The first-order valence-corrected chi connectivity index (χ1v) is 19.9. The molecule has 3 fully saturated rings. The lowest BCUT2D eigenvalue weighted by atomic mass is 9.85. The van der Waals surface area contributed by atoms with Crippen LogP contribution in [0.4, 0.5) is 27.7 Å². The van der Waals surface area contributed by atoms with Crippen molar-refractivity contribution in [2.75, 3.05) is 87.6 Å². The van der Waals surface area contributed by atoms with Crippen LogP contribution < -0.4 is 15.1 Å². The van der Waals surface area contributed by atoms with Gasteiger partial charge in [0.05, 0.1) is 24.4 Å². The number of nitrogens with one attached hydrogen (secondary N) is 1. The van der Waals surface area contributed by atoms with Gasteiger partial charge in [-0.15, -0.1) is 0 Å². The third kappa shape index (κ3) is 8.44. The molecule has 0 spiro atoms. The quantitative estimate of drug-likeness (QED) is 0.262. The van der Waals surface area contributed by atoms with Crippen molar-refractivity contribution in [3.8, 4) is 0 Å². The highest BCUT2D eigenvalue weighted by atomic mass is 32.2. The highest BCUT2D eigenvalue weighted by molar-refractivity contribution is 7.90. The van der Waals surface area contributed by atoms with E-state index >= 15 is 0 Å². The highest BCUT2D eigenvalue weighted by Crippen LogP contribution is 2.45. The molecule has 0 aliphatic carbocycles. The molecular weight excluding hydrogens is 672 g/mol. The molecule has 51 heavy (non-hydrogen) atoms. The summed E-state index contributed by atoms with van der Waals surface area (Å²) < 4.78 is 44.1. The number of hydrogen-bond acceptors (Lipinski definition) is 11. The van der Waals surface area contributed by atoms with Crippen LogP contribution in [0.5, 0.6) is 0 Å². The van der Waals surface area contributed by atoms with Crippen molar-refractivity contribution in [1.82, 2.24) is 24.8 Å². The zero-order chi connectivity index (χ0) is 36.4. The number of likely N-dealkylation sites (tertiary alicyclic amines) is 1. The summed E-state index contributed by atoms with van der Waals surface area (Å²) in [6, 6.07) is 5.95. The lowest BCUT2D eigenvalue weighted by Gasteiger charge is -2.42. The Hall–Kier alpha value is -3.88. The van der Waals surface area contributed by atoms with Crippen molar-refractivity contribution in [2.45, 2.75) is 57.3 Å². The second-order valence-corrected chi connectivity index (χ2v) is 17.0. The van der Waals surface area contributed by atoms with E-state index in [1.807, 2.05) is 47.1 Å². The maximum absolute atomic E-state index is 14.7. The summed E-state index contributed by atoms with van der Waals surface area (Å²) in [7, 11) is 2.40. The lowest BCUT2D eigenvalue weighted by Crippen LogP contribution is -2.49. The Balaban J connectivity index is 1.37. The van der Waals surface area contributed by atoms with Crippen molar-refractivity contribution >= 4 is 49.8 Å². The monoisotopic (exact) mass is 722 g/mol. The number of benzene rings is 1. The number of fused-ring (bicyclic) bond motifs is 1. The number of likely N-dealkylation sites (N-methyl/N-ethyl adjacent to an activating group) is 1. The largest absolute Gasteiger partial charge is 0.378 e. The molecule has 3 aliphatic heterocycles. The van der Waals surface area contributed by atoms with E-state index in [4.69, 9.17) is 14.7 Å². The number of halogens is 1. The molecule has 1 amide bonds. The van der Waals surface area contributed by atoms with Gasteiger partial charge < -0.3 is 29.7 Å². The number of nitrogens with zero attached hydrogens (tertiary/aromatic N) is 7. The number of methoxy groups -OCH3 is 1. The smallest absolute Gasteiger partial charge is 0.246 e. The van der Waals surface area contributed by atoms with Gasteiger partial charge in [-0.25, -0.2) is 22.8 Å². The molecule has 1 aromatic carbocycles. The average molecular weight is 723 g/mol. The second kappa shape index (κ2) is 15.4. The number of hydrogen-bond donors (Lipinski definition) is 1. The van der Waals surface area contributed by atoms with E-state index in [2.05, 4.69) is 35.1 Å². The van der Waals surface area contributed by atoms with E-state index in [-0.39, 0.29) is 36.1 Å². The number of pyridine rings is 1. The number of carbonyl (C=O) groups excluding carboxylic acids is 1. The Kier molecular flexibility index (Phi) is 11.1. The molecule has 3 aliphatic rings. The number of rotatable bonds is 12. The molecule has 3 aromatic rings. The average Bonchev–Trinajstić information content (AvgIpc) is 3.55. The topological polar surface area (TPSA) is 124 Å². The Morgan fingerprint density at radius 1 is 1.10 bits per heavy atom. The molecule has 3 saturated heterocycles. The summed E-state index contributed by atoms with van der Waals surface area (Å²) in [6.07, 6.45) is 9.19. The number of anilines is 4. The normalized spacial score (nSPS) is 21.7. The van der Waals surface area contributed by atoms with Crippen molar-refractivity contribution in [1.29, 1.82) is 0 Å². The third-order valence-electron chi connectivity index (χ3n) is 10.1. The summed E-state index contributed by atoms with van der Waals surface area (Å²) in [4.78, 5) is 35.6. The predicted octanol–water partition coefficient (Wildman–Crippen LogP) is 4.72. The lowest BCUT2D eigenvalue weighted by molar-refractivity contribution is -0.126. The van der Waals surface area contributed by atoms with Gasteiger partial charge in [-0.1, -0.05) is 19.9 Å². The fourth-order valence-corrected chi connectivity index (χ4v) is 8.80. The molecule has 0 radical (unpaired) electrons. The Bertz CT molecular complexity index is 1870. The van der Waals surface area contributed by atoms with Gasteiger partial charge in [-0.05, 0) is 74.0 Å². The summed E-state index contributed by atoms with van der Waals surface area (Å²) in [6.45, 7) is 7.74. The van der Waals surface area contributed by atoms with Crippen molar-refractivity contribution in [2.24, 2.45) is 5.92 Å². The first kappa shape index (κ1) is 36.9. The number of sulfone groups is 1. The fraction of sp³-hybridized carbons (Fsp3) is 0.568. The van der Waals surface area contributed by atoms with Gasteiger partial charge in [-0.3, -0.25) is 4.79 Å². The summed E-state index contributed by atoms with van der Waals surface area (Å²) in [5.41, 5.74) is 3.28. The van der Waals surface area contributed by atoms with E-state index in [9.17, 15) is 17.6 Å². The molecule has 14 heteroatoms. The number of alkyl halides is 1. The van der Waals surface area contributed by atoms with Crippen LogP contribution in [0.2, 0.25) is 0 Å². The maximum Gasteiger partial charge on any atom is 0.246 e. The van der Waals surface area contributed by atoms with Crippen molar-refractivity contribution in [3.63, 3.8) is 0 Å². The highest BCUT2D eigenvalue weighted by Gasteiger charge is 2.36. The van der Waals surface area contributed by atoms with Crippen LogP contribution in [0.25, 0.3) is 10.8 Å². The molecule has 1 N–H and O–H groups in total. The molecular formula is C37H51FN8O4S. The first-order chi connectivity index (χ1) is 24.3. The third-order valence-corrected chi connectivity index (χ3v) is 11.2. The SMILES string of the molecule is CO[C@@H]1CCN(c2nccc(Nc3cc4c(C(C)C)c([C@H]5CCCN5C(=O)/C=C/CN(C)C)cc(N5CC(CS(C)(=O)=O)C5)c4cn3)n2)C[C@@H]1F. The minimum atomic E-state index is -3.09. The molecule has 12 nitrogen and oxygen atoms in total. The Labute approximate surface area is 301 Å². The van der Waals surface area contributed by atoms with Crippen LogP contribution in [0, 0.1) is 5.92 Å². The summed E-state index contributed by atoms with van der Waals surface area (Å²) in [5, 5.41) is 5.37. The standard InChI is InChI=1S/C37H51FN8O4S/c1-24(2)36-26-18-34(41-33-11-13-39-37(42-33)44-16-12-32(50-5)29(38)22-44)40-19-28(26)31(45-20-25(21-45)23-51(6,48)49)17-27(36)30-9-7-15-46(30)35(47)10-8-14-43(3)4/h8,10-11,13,17-19,24-25,29-30,32H,7,9,12,14-16,20-23H2,1-6H3,(H,39,40,41,42)/b10-8+/t29-,30+,32+/m0/s1. The summed E-state index contributed by atoms with van der Waals surface area (Å²) >= 11 is 0. The van der Waals surface area contributed by atoms with E-state index in [0.717, 1.165) is 40.4 Å².